The fourth-order valence-electron chi connectivity index (χ4n) is 4.86. The smallest absolute Gasteiger partial charge is 0.394 e. The van der Waals surface area contributed by atoms with Crippen molar-refractivity contribution in [3.05, 3.63) is 41.0 Å². The molecule has 15 heteroatoms. The Labute approximate surface area is 249 Å². The molecule has 0 bridgehead atoms. The van der Waals surface area contributed by atoms with E-state index in [9.17, 15) is 37.3 Å². The normalized spacial score (nSPS) is 18.6. The standard InChI is InChI=1S/C28H32F5N5O2.O2S/c1-5-22-37-23(24(39)36-16-27(15-35)10-8-17(2)9-11-27)20(14-34)38(22)19-7-6-18(12-21(19)40-25(29)30)13-26(3,4)28(31,32)33;1-3-2/h6-7,12,17,25H,5,8-11,13,16H2,1-4H3,(H,36,39);. The summed E-state index contributed by atoms with van der Waals surface area (Å²) in [5.41, 5.74) is -3.34. The molecule has 1 aliphatic rings. The Morgan fingerprint density at radius 1 is 1.23 bits per heavy atom. The number of alkyl halides is 5. The van der Waals surface area contributed by atoms with Gasteiger partial charge >= 0.3 is 24.4 Å². The molecule has 0 unspecified atom stereocenters. The van der Waals surface area contributed by atoms with E-state index >= 15 is 0 Å². The number of aryl methyl sites for hydroxylation is 1. The predicted molar refractivity (Wildman–Crippen MR) is 145 cm³/mol. The fourth-order valence-corrected chi connectivity index (χ4v) is 4.86. The first kappa shape index (κ1) is 35.3. The number of nitrogens with zero attached hydrogens (tertiary/aromatic N) is 4. The van der Waals surface area contributed by atoms with Crippen molar-refractivity contribution in [3.63, 3.8) is 0 Å². The van der Waals surface area contributed by atoms with Crippen molar-refractivity contribution in [2.45, 2.75) is 79.0 Å². The number of rotatable bonds is 9. The van der Waals surface area contributed by atoms with Gasteiger partial charge in [0.2, 0.25) is 0 Å². The van der Waals surface area contributed by atoms with Gasteiger partial charge < -0.3 is 10.1 Å². The summed E-state index contributed by atoms with van der Waals surface area (Å²) in [5.74, 6) is -0.481. The van der Waals surface area contributed by atoms with Gasteiger partial charge in [0.15, 0.2) is 11.4 Å². The van der Waals surface area contributed by atoms with Crippen LogP contribution >= 0.6 is 0 Å². The summed E-state index contributed by atoms with van der Waals surface area (Å²) >= 11 is -0.750. The van der Waals surface area contributed by atoms with Gasteiger partial charge in [-0.2, -0.15) is 40.9 Å². The van der Waals surface area contributed by atoms with Crippen LogP contribution in [0.25, 0.3) is 5.69 Å². The summed E-state index contributed by atoms with van der Waals surface area (Å²) in [6.45, 7) is 2.56. The van der Waals surface area contributed by atoms with Gasteiger partial charge in [-0.1, -0.05) is 33.8 Å². The molecule has 234 valence electrons. The first-order valence-electron chi connectivity index (χ1n) is 13.4. The number of halogens is 5. The summed E-state index contributed by atoms with van der Waals surface area (Å²) in [4.78, 5) is 17.5. The maximum absolute atomic E-state index is 13.4. The van der Waals surface area contributed by atoms with E-state index in [0.717, 1.165) is 32.8 Å². The van der Waals surface area contributed by atoms with Gasteiger partial charge in [-0.15, -0.1) is 0 Å². The second-order valence-electron chi connectivity index (χ2n) is 11.1. The van der Waals surface area contributed by atoms with Crippen LogP contribution in [0.3, 0.4) is 0 Å². The number of hydrogen-bond donors (Lipinski definition) is 1. The monoisotopic (exact) mass is 629 g/mol. The number of carbonyl (C=O) groups excluding carboxylic acids is 1. The topological polar surface area (TPSA) is 138 Å². The zero-order valence-electron chi connectivity index (χ0n) is 24.1. The first-order valence-corrected chi connectivity index (χ1v) is 14.0. The van der Waals surface area contributed by atoms with E-state index in [1.807, 2.05) is 6.07 Å². The molecule has 43 heavy (non-hydrogen) atoms. The van der Waals surface area contributed by atoms with Gasteiger partial charge in [-0.3, -0.25) is 9.36 Å². The van der Waals surface area contributed by atoms with Gasteiger partial charge in [0.05, 0.1) is 22.6 Å². The molecule has 1 saturated carbocycles. The Kier molecular flexibility index (Phi) is 12.0. The largest absolute Gasteiger partial charge is 0.433 e. The number of imidazole rings is 1. The lowest BCUT2D eigenvalue weighted by Gasteiger charge is -2.33. The number of nitriles is 2. The van der Waals surface area contributed by atoms with E-state index < -0.39 is 53.3 Å². The highest BCUT2D eigenvalue weighted by Crippen LogP contribution is 2.41. The Balaban J connectivity index is 0.00000206. The molecule has 1 fully saturated rings. The molecule has 2 aromatic rings. The molecular weight excluding hydrogens is 597 g/mol. The lowest BCUT2D eigenvalue weighted by atomic mass is 9.72. The van der Waals surface area contributed by atoms with Crippen molar-refractivity contribution in [3.8, 4) is 23.6 Å². The third-order valence-electron chi connectivity index (χ3n) is 7.53. The zero-order valence-corrected chi connectivity index (χ0v) is 24.9. The van der Waals surface area contributed by atoms with Crippen LogP contribution in [0.4, 0.5) is 22.0 Å². The van der Waals surface area contributed by atoms with Crippen molar-refractivity contribution < 1.29 is 39.9 Å². The minimum Gasteiger partial charge on any atom is -0.433 e. The second-order valence-corrected chi connectivity index (χ2v) is 11.2. The molecule has 1 heterocycles. The predicted octanol–water partition coefficient (Wildman–Crippen LogP) is 5.82. The number of ether oxygens (including phenoxy) is 1. The highest BCUT2D eigenvalue weighted by molar-refractivity contribution is 7.51. The van der Waals surface area contributed by atoms with Gasteiger partial charge in [0.25, 0.3) is 5.91 Å². The van der Waals surface area contributed by atoms with E-state index in [-0.39, 0.29) is 41.4 Å². The molecule has 1 amide bonds. The molecular formula is C28H32F5N5O4S. The summed E-state index contributed by atoms with van der Waals surface area (Å²) in [6.07, 6.45) is -1.90. The van der Waals surface area contributed by atoms with Crippen LogP contribution in [-0.4, -0.2) is 43.2 Å². The fraction of sp³-hybridized carbons (Fsp3) is 0.571. The summed E-state index contributed by atoms with van der Waals surface area (Å²) in [7, 11) is 0. The van der Waals surface area contributed by atoms with Crippen molar-refractivity contribution >= 4 is 17.5 Å². The highest BCUT2D eigenvalue weighted by atomic mass is 32.1. The van der Waals surface area contributed by atoms with Gasteiger partial charge in [-0.05, 0) is 55.7 Å². The van der Waals surface area contributed by atoms with Crippen molar-refractivity contribution in [2.24, 2.45) is 16.7 Å². The first-order chi connectivity index (χ1) is 20.1. The molecule has 1 aromatic carbocycles. The van der Waals surface area contributed by atoms with Crippen LogP contribution in [-0.2, 0) is 24.4 Å². The minimum atomic E-state index is -4.54. The van der Waals surface area contributed by atoms with Crippen molar-refractivity contribution in [1.82, 2.24) is 14.9 Å². The molecule has 0 radical (unpaired) electrons. The minimum absolute atomic E-state index is 0.0661. The number of aromatic nitrogens is 2. The number of amides is 1. The van der Waals surface area contributed by atoms with Crippen LogP contribution in [0, 0.1) is 39.4 Å². The molecule has 0 atom stereocenters. The maximum atomic E-state index is 13.4. The Morgan fingerprint density at radius 2 is 1.84 bits per heavy atom. The summed E-state index contributed by atoms with van der Waals surface area (Å²) in [5, 5.41) is 22.5. The van der Waals surface area contributed by atoms with Crippen LogP contribution in [0.2, 0.25) is 0 Å². The number of nitrogens with one attached hydrogen (secondary N) is 1. The van der Waals surface area contributed by atoms with Gasteiger partial charge in [0, 0.05) is 13.0 Å². The van der Waals surface area contributed by atoms with Crippen LogP contribution in [0.5, 0.6) is 5.75 Å². The SMILES string of the molecule is CCc1nc(C(=O)NCC2(C#N)CCC(C)CC2)c(C#N)n1-c1ccc(CC(C)(C)C(F)(F)F)cc1OC(F)F.O=S=O. The highest BCUT2D eigenvalue weighted by Gasteiger charge is 2.47. The number of carbonyl (C=O) groups is 1. The van der Waals surface area contributed by atoms with E-state index in [1.165, 1.54) is 16.7 Å². The summed E-state index contributed by atoms with van der Waals surface area (Å²) < 4.78 is 89.5. The van der Waals surface area contributed by atoms with Crippen molar-refractivity contribution in [1.29, 1.82) is 10.5 Å². The number of hydrogen-bond acceptors (Lipinski definition) is 7. The van der Waals surface area contributed by atoms with E-state index in [2.05, 4.69) is 28.0 Å². The van der Waals surface area contributed by atoms with E-state index in [1.54, 1.807) is 6.92 Å². The van der Waals surface area contributed by atoms with Crippen molar-refractivity contribution in [2.75, 3.05) is 6.54 Å². The zero-order chi connectivity index (χ0) is 32.6. The van der Waals surface area contributed by atoms with E-state index in [4.69, 9.17) is 8.42 Å². The second kappa shape index (κ2) is 14.6. The average Bonchev–Trinajstić information content (AvgIpc) is 3.31. The van der Waals surface area contributed by atoms with Crippen LogP contribution in [0.1, 0.15) is 80.9 Å². The van der Waals surface area contributed by atoms with Crippen LogP contribution in [0.15, 0.2) is 18.2 Å². The van der Waals surface area contributed by atoms with Crippen LogP contribution < -0.4 is 10.1 Å². The quantitative estimate of drug-likeness (QED) is 0.345. The Bertz CT molecular complexity index is 1410. The maximum Gasteiger partial charge on any atom is 0.394 e. The molecule has 1 N–H and O–H groups in total. The average molecular weight is 630 g/mol. The molecule has 0 saturated heterocycles. The third kappa shape index (κ3) is 8.60. The lowest BCUT2D eigenvalue weighted by molar-refractivity contribution is -0.211. The lowest BCUT2D eigenvalue weighted by Crippen LogP contribution is -2.39. The summed E-state index contributed by atoms with van der Waals surface area (Å²) in [6, 6.07) is 7.91. The third-order valence-corrected chi connectivity index (χ3v) is 7.53. The van der Waals surface area contributed by atoms with Gasteiger partial charge in [0.1, 0.15) is 17.6 Å². The molecule has 1 aromatic heterocycles. The molecule has 0 spiro atoms. The molecule has 1 aliphatic carbocycles. The number of benzene rings is 1. The molecule has 9 nitrogen and oxygen atoms in total. The Morgan fingerprint density at radius 3 is 2.33 bits per heavy atom. The van der Waals surface area contributed by atoms with Gasteiger partial charge in [-0.25, -0.2) is 4.98 Å². The molecule has 3 rings (SSSR count). The van der Waals surface area contributed by atoms with E-state index in [0.29, 0.717) is 18.8 Å². The Hall–Kier alpha value is -3.85. The molecule has 0 aliphatic heterocycles.